The number of rotatable bonds is 3. The van der Waals surface area contributed by atoms with Crippen LogP contribution in [0.2, 0.25) is 5.15 Å². The summed E-state index contributed by atoms with van der Waals surface area (Å²) >= 11 is 5.90. The Morgan fingerprint density at radius 1 is 1.61 bits per heavy atom. The Balaban J connectivity index is 2.10. The quantitative estimate of drug-likeness (QED) is 0.855. The maximum absolute atomic E-state index is 12.1. The Morgan fingerprint density at radius 3 is 3.00 bits per heavy atom. The van der Waals surface area contributed by atoms with E-state index < -0.39 is 0 Å². The first-order chi connectivity index (χ1) is 8.60. The SMILES string of the molecule is CCc1cc(C(=O)NC2CCOC2C)cc(Cl)n1. The van der Waals surface area contributed by atoms with Gasteiger partial charge in [-0.1, -0.05) is 18.5 Å². The molecule has 1 fully saturated rings. The minimum absolute atomic E-state index is 0.0666. The van der Waals surface area contributed by atoms with Gasteiger partial charge in [-0.3, -0.25) is 4.79 Å². The fourth-order valence-electron chi connectivity index (χ4n) is 2.04. The molecule has 1 N–H and O–H groups in total. The van der Waals surface area contributed by atoms with E-state index in [4.69, 9.17) is 16.3 Å². The number of hydrogen-bond donors (Lipinski definition) is 1. The normalized spacial score (nSPS) is 23.1. The monoisotopic (exact) mass is 268 g/mol. The fraction of sp³-hybridized carbons (Fsp3) is 0.538. The topological polar surface area (TPSA) is 51.2 Å². The van der Waals surface area contributed by atoms with Crippen LogP contribution in [0.1, 0.15) is 36.3 Å². The Kier molecular flexibility index (Phi) is 4.19. The van der Waals surface area contributed by atoms with Crippen molar-refractivity contribution in [3.05, 3.63) is 28.5 Å². The lowest BCUT2D eigenvalue weighted by Crippen LogP contribution is -2.39. The van der Waals surface area contributed by atoms with Gasteiger partial charge in [-0.25, -0.2) is 4.98 Å². The third kappa shape index (κ3) is 3.00. The molecule has 0 aliphatic carbocycles. The van der Waals surface area contributed by atoms with E-state index in [9.17, 15) is 4.79 Å². The van der Waals surface area contributed by atoms with Gasteiger partial charge in [0.05, 0.1) is 12.1 Å². The molecule has 1 saturated heterocycles. The van der Waals surface area contributed by atoms with Crippen molar-refractivity contribution in [2.45, 2.75) is 38.8 Å². The molecule has 1 aliphatic heterocycles. The van der Waals surface area contributed by atoms with Gasteiger partial charge >= 0.3 is 0 Å². The maximum Gasteiger partial charge on any atom is 0.251 e. The van der Waals surface area contributed by atoms with Crippen molar-refractivity contribution in [3.63, 3.8) is 0 Å². The molecule has 0 radical (unpaired) electrons. The van der Waals surface area contributed by atoms with Gasteiger partial charge in [0.1, 0.15) is 5.15 Å². The van der Waals surface area contributed by atoms with Crippen LogP contribution in [0.4, 0.5) is 0 Å². The number of aryl methyl sites for hydroxylation is 1. The molecule has 4 nitrogen and oxygen atoms in total. The summed E-state index contributed by atoms with van der Waals surface area (Å²) in [5, 5.41) is 3.33. The van der Waals surface area contributed by atoms with E-state index in [0.717, 1.165) is 18.5 Å². The predicted octanol–water partition coefficient (Wildman–Crippen LogP) is 2.20. The van der Waals surface area contributed by atoms with Crippen LogP contribution in [0.15, 0.2) is 12.1 Å². The summed E-state index contributed by atoms with van der Waals surface area (Å²) in [5.41, 5.74) is 1.38. The summed E-state index contributed by atoms with van der Waals surface area (Å²) in [6.07, 6.45) is 1.67. The largest absolute Gasteiger partial charge is 0.376 e. The Hall–Kier alpha value is -1.13. The van der Waals surface area contributed by atoms with E-state index in [1.165, 1.54) is 0 Å². The van der Waals surface area contributed by atoms with Crippen molar-refractivity contribution in [1.29, 1.82) is 0 Å². The molecule has 1 amide bonds. The summed E-state index contributed by atoms with van der Waals surface area (Å²) in [7, 11) is 0. The van der Waals surface area contributed by atoms with Crippen LogP contribution in [0.3, 0.4) is 0 Å². The van der Waals surface area contributed by atoms with Crippen LogP contribution in [-0.4, -0.2) is 29.6 Å². The Bertz CT molecular complexity index is 451. The van der Waals surface area contributed by atoms with E-state index in [2.05, 4.69) is 10.3 Å². The van der Waals surface area contributed by atoms with Gasteiger partial charge in [-0.2, -0.15) is 0 Å². The van der Waals surface area contributed by atoms with Gasteiger partial charge in [0.2, 0.25) is 0 Å². The highest BCUT2D eigenvalue weighted by molar-refractivity contribution is 6.29. The van der Waals surface area contributed by atoms with Crippen LogP contribution in [0.25, 0.3) is 0 Å². The second kappa shape index (κ2) is 5.67. The first-order valence-electron chi connectivity index (χ1n) is 6.19. The van der Waals surface area contributed by atoms with E-state index >= 15 is 0 Å². The van der Waals surface area contributed by atoms with Crippen LogP contribution < -0.4 is 5.32 Å². The molecule has 0 aromatic carbocycles. The average molecular weight is 269 g/mol. The number of aromatic nitrogens is 1. The van der Waals surface area contributed by atoms with Crippen molar-refractivity contribution in [1.82, 2.24) is 10.3 Å². The maximum atomic E-state index is 12.1. The minimum atomic E-state index is -0.114. The summed E-state index contributed by atoms with van der Waals surface area (Å²) in [4.78, 5) is 16.3. The van der Waals surface area contributed by atoms with E-state index in [-0.39, 0.29) is 18.1 Å². The number of amides is 1. The molecule has 18 heavy (non-hydrogen) atoms. The predicted molar refractivity (Wildman–Crippen MR) is 69.9 cm³/mol. The first-order valence-corrected chi connectivity index (χ1v) is 6.57. The molecule has 1 aromatic rings. The van der Waals surface area contributed by atoms with Crippen LogP contribution >= 0.6 is 11.6 Å². The van der Waals surface area contributed by atoms with Gasteiger partial charge in [0.25, 0.3) is 5.91 Å². The van der Waals surface area contributed by atoms with Gasteiger partial charge in [-0.15, -0.1) is 0 Å². The number of pyridine rings is 1. The lowest BCUT2D eigenvalue weighted by molar-refractivity contribution is 0.0866. The van der Waals surface area contributed by atoms with Gasteiger partial charge in [0.15, 0.2) is 0 Å². The lowest BCUT2D eigenvalue weighted by atomic mass is 10.1. The zero-order valence-corrected chi connectivity index (χ0v) is 11.3. The Morgan fingerprint density at radius 2 is 2.39 bits per heavy atom. The number of nitrogens with zero attached hydrogens (tertiary/aromatic N) is 1. The molecule has 98 valence electrons. The summed E-state index contributed by atoms with van der Waals surface area (Å²) < 4.78 is 5.42. The van der Waals surface area contributed by atoms with Crippen molar-refractivity contribution in [3.8, 4) is 0 Å². The molecule has 0 saturated carbocycles. The molecule has 2 heterocycles. The van der Waals surface area contributed by atoms with E-state index in [1.807, 2.05) is 13.8 Å². The van der Waals surface area contributed by atoms with Crippen LogP contribution in [0, 0.1) is 0 Å². The standard InChI is InChI=1S/C13H17ClN2O2/c1-3-10-6-9(7-12(14)15-10)13(17)16-11-4-5-18-8(11)2/h6-8,11H,3-5H2,1-2H3,(H,16,17). The number of hydrogen-bond acceptors (Lipinski definition) is 3. The summed E-state index contributed by atoms with van der Waals surface area (Å²) in [6, 6.07) is 3.45. The second-order valence-electron chi connectivity index (χ2n) is 4.47. The second-order valence-corrected chi connectivity index (χ2v) is 4.86. The average Bonchev–Trinajstić information content (AvgIpc) is 2.74. The van der Waals surface area contributed by atoms with E-state index in [0.29, 0.717) is 17.3 Å². The highest BCUT2D eigenvalue weighted by atomic mass is 35.5. The van der Waals surface area contributed by atoms with Gasteiger partial charge < -0.3 is 10.1 Å². The van der Waals surface area contributed by atoms with Crippen LogP contribution in [0.5, 0.6) is 0 Å². The smallest absolute Gasteiger partial charge is 0.251 e. The minimum Gasteiger partial charge on any atom is -0.376 e. The van der Waals surface area contributed by atoms with Crippen molar-refractivity contribution in [2.75, 3.05) is 6.61 Å². The first kappa shape index (κ1) is 13.3. The van der Waals surface area contributed by atoms with Gasteiger partial charge in [0, 0.05) is 17.9 Å². The zero-order valence-electron chi connectivity index (χ0n) is 10.6. The molecule has 1 aromatic heterocycles. The van der Waals surface area contributed by atoms with Gasteiger partial charge in [-0.05, 0) is 31.9 Å². The molecule has 2 rings (SSSR count). The lowest BCUT2D eigenvalue weighted by Gasteiger charge is -2.16. The number of nitrogens with one attached hydrogen (secondary N) is 1. The third-order valence-corrected chi connectivity index (χ3v) is 3.36. The molecular weight excluding hydrogens is 252 g/mol. The fourth-order valence-corrected chi connectivity index (χ4v) is 2.26. The molecule has 0 spiro atoms. The molecule has 2 unspecified atom stereocenters. The highest BCUT2D eigenvalue weighted by Crippen LogP contribution is 2.15. The zero-order chi connectivity index (χ0) is 13.1. The molecule has 1 aliphatic rings. The van der Waals surface area contributed by atoms with E-state index in [1.54, 1.807) is 12.1 Å². The number of ether oxygens (including phenoxy) is 1. The van der Waals surface area contributed by atoms with Crippen LogP contribution in [-0.2, 0) is 11.2 Å². The number of halogens is 1. The summed E-state index contributed by atoms with van der Waals surface area (Å²) in [6.45, 7) is 4.64. The van der Waals surface area contributed by atoms with Crippen molar-refractivity contribution in [2.24, 2.45) is 0 Å². The molecule has 0 bridgehead atoms. The molecular formula is C13H17ClN2O2. The number of carbonyl (C=O) groups excluding carboxylic acids is 1. The Labute approximate surface area is 112 Å². The molecule has 2 atom stereocenters. The van der Waals surface area contributed by atoms with Crippen molar-refractivity contribution >= 4 is 17.5 Å². The third-order valence-electron chi connectivity index (χ3n) is 3.16. The molecule has 5 heteroatoms. The highest BCUT2D eigenvalue weighted by Gasteiger charge is 2.26. The van der Waals surface area contributed by atoms with Crippen molar-refractivity contribution < 1.29 is 9.53 Å². The summed E-state index contributed by atoms with van der Waals surface area (Å²) in [5.74, 6) is -0.114. The number of carbonyl (C=O) groups is 1.